The van der Waals surface area contributed by atoms with Crippen LogP contribution in [0.25, 0.3) is 10.9 Å². The third-order valence-corrected chi connectivity index (χ3v) is 3.80. The van der Waals surface area contributed by atoms with Gasteiger partial charge in [0.2, 0.25) is 5.56 Å². The highest BCUT2D eigenvalue weighted by Crippen LogP contribution is 2.19. The Morgan fingerprint density at radius 2 is 2.19 bits per heavy atom. The van der Waals surface area contributed by atoms with Crippen molar-refractivity contribution in [3.8, 4) is 0 Å². The molecule has 0 aliphatic carbocycles. The third kappa shape index (κ3) is 2.54. The van der Waals surface area contributed by atoms with Gasteiger partial charge in [0.1, 0.15) is 5.82 Å². The Labute approximate surface area is 120 Å². The first-order valence-corrected chi connectivity index (χ1v) is 6.90. The van der Waals surface area contributed by atoms with E-state index < -0.39 is 11.4 Å². The van der Waals surface area contributed by atoms with E-state index in [1.54, 1.807) is 4.90 Å². The van der Waals surface area contributed by atoms with Crippen molar-refractivity contribution in [1.82, 2.24) is 15.2 Å². The standard InChI is InChI=1S/C15H16FN3O2/c1-9-8-17-4-5-19(9)15(21)12-7-14(20)18-13-6-10(16)2-3-11(12)13/h2-3,6-7,9,17H,4-5,8H2,1H3,(H,18,20)/t9-/m0/s1. The van der Waals surface area contributed by atoms with Gasteiger partial charge in [0.15, 0.2) is 0 Å². The summed E-state index contributed by atoms with van der Waals surface area (Å²) in [6.45, 7) is 4.00. The molecule has 2 aromatic rings. The molecular weight excluding hydrogens is 273 g/mol. The normalized spacial score (nSPS) is 19.0. The van der Waals surface area contributed by atoms with Crippen molar-refractivity contribution in [3.05, 3.63) is 46.0 Å². The number of nitrogens with zero attached hydrogens (tertiary/aromatic N) is 1. The number of piperazine rings is 1. The molecule has 21 heavy (non-hydrogen) atoms. The zero-order valence-corrected chi connectivity index (χ0v) is 11.6. The summed E-state index contributed by atoms with van der Waals surface area (Å²) in [4.78, 5) is 28.7. The van der Waals surface area contributed by atoms with E-state index in [-0.39, 0.29) is 11.9 Å². The fraction of sp³-hybridized carbons (Fsp3) is 0.333. The Morgan fingerprint density at radius 1 is 1.38 bits per heavy atom. The van der Waals surface area contributed by atoms with Gasteiger partial charge in [-0.3, -0.25) is 9.59 Å². The second-order valence-corrected chi connectivity index (χ2v) is 5.29. The number of hydrogen-bond donors (Lipinski definition) is 2. The number of nitrogens with one attached hydrogen (secondary N) is 2. The molecule has 1 aromatic heterocycles. The van der Waals surface area contributed by atoms with Gasteiger partial charge in [-0.25, -0.2) is 4.39 Å². The summed E-state index contributed by atoms with van der Waals surface area (Å²) in [5.74, 6) is -0.634. The molecule has 0 unspecified atom stereocenters. The van der Waals surface area contributed by atoms with E-state index in [2.05, 4.69) is 10.3 Å². The number of hydrogen-bond acceptors (Lipinski definition) is 3. The van der Waals surface area contributed by atoms with Gasteiger partial charge in [-0.1, -0.05) is 0 Å². The van der Waals surface area contributed by atoms with E-state index in [0.29, 0.717) is 23.0 Å². The number of H-pyrrole nitrogens is 1. The molecule has 2 heterocycles. The van der Waals surface area contributed by atoms with Crippen molar-refractivity contribution in [2.45, 2.75) is 13.0 Å². The van der Waals surface area contributed by atoms with Crippen molar-refractivity contribution in [2.75, 3.05) is 19.6 Å². The molecule has 1 aliphatic rings. The van der Waals surface area contributed by atoms with Gasteiger partial charge in [-0.15, -0.1) is 0 Å². The molecule has 1 fully saturated rings. The first kappa shape index (κ1) is 13.8. The Hall–Kier alpha value is -2.21. The van der Waals surface area contributed by atoms with Crippen LogP contribution in [0.15, 0.2) is 29.1 Å². The largest absolute Gasteiger partial charge is 0.333 e. The highest BCUT2D eigenvalue weighted by atomic mass is 19.1. The lowest BCUT2D eigenvalue weighted by Crippen LogP contribution is -2.52. The maximum Gasteiger partial charge on any atom is 0.255 e. The van der Waals surface area contributed by atoms with Gasteiger partial charge >= 0.3 is 0 Å². The summed E-state index contributed by atoms with van der Waals surface area (Å²) >= 11 is 0. The van der Waals surface area contributed by atoms with Gasteiger partial charge in [0.25, 0.3) is 5.91 Å². The van der Waals surface area contributed by atoms with E-state index >= 15 is 0 Å². The second-order valence-electron chi connectivity index (χ2n) is 5.29. The first-order valence-electron chi connectivity index (χ1n) is 6.90. The summed E-state index contributed by atoms with van der Waals surface area (Å²) in [6, 6.07) is 5.40. The maximum atomic E-state index is 13.3. The molecule has 3 rings (SSSR count). The number of carbonyl (C=O) groups excluding carboxylic acids is 1. The van der Waals surface area contributed by atoms with Crippen LogP contribution in [0.4, 0.5) is 4.39 Å². The zero-order valence-electron chi connectivity index (χ0n) is 11.6. The summed E-state index contributed by atoms with van der Waals surface area (Å²) in [5, 5.41) is 3.78. The number of benzene rings is 1. The minimum absolute atomic E-state index is 0.0565. The molecule has 0 saturated carbocycles. The SMILES string of the molecule is C[C@H]1CNCCN1C(=O)c1cc(=O)[nH]c2cc(F)ccc12. The Balaban J connectivity index is 2.11. The van der Waals surface area contributed by atoms with Crippen LogP contribution in [-0.2, 0) is 0 Å². The molecule has 1 saturated heterocycles. The average molecular weight is 289 g/mol. The number of fused-ring (bicyclic) bond motifs is 1. The highest BCUT2D eigenvalue weighted by molar-refractivity contribution is 6.06. The van der Waals surface area contributed by atoms with Gasteiger partial charge < -0.3 is 15.2 Å². The average Bonchev–Trinajstić information content (AvgIpc) is 2.45. The highest BCUT2D eigenvalue weighted by Gasteiger charge is 2.25. The van der Waals surface area contributed by atoms with E-state index in [9.17, 15) is 14.0 Å². The van der Waals surface area contributed by atoms with Crippen LogP contribution >= 0.6 is 0 Å². The molecule has 2 N–H and O–H groups in total. The lowest BCUT2D eigenvalue weighted by molar-refractivity contribution is 0.0657. The molecule has 0 spiro atoms. The summed E-state index contributed by atoms with van der Waals surface area (Å²) in [7, 11) is 0. The maximum absolute atomic E-state index is 13.3. The number of rotatable bonds is 1. The van der Waals surface area contributed by atoms with Gasteiger partial charge in [-0.05, 0) is 25.1 Å². The van der Waals surface area contributed by atoms with Crippen molar-refractivity contribution in [2.24, 2.45) is 0 Å². The van der Waals surface area contributed by atoms with Crippen LogP contribution in [0, 0.1) is 5.82 Å². The quantitative estimate of drug-likeness (QED) is 0.826. The summed E-state index contributed by atoms with van der Waals surface area (Å²) in [5.41, 5.74) is 0.260. The predicted octanol–water partition coefficient (Wildman–Crippen LogP) is 1.10. The predicted molar refractivity (Wildman–Crippen MR) is 77.9 cm³/mol. The molecule has 110 valence electrons. The number of carbonyl (C=O) groups is 1. The first-order chi connectivity index (χ1) is 10.1. The minimum Gasteiger partial charge on any atom is -0.333 e. The summed E-state index contributed by atoms with van der Waals surface area (Å²) < 4.78 is 13.3. The molecule has 1 aliphatic heterocycles. The van der Waals surface area contributed by atoms with Crippen molar-refractivity contribution in [3.63, 3.8) is 0 Å². The van der Waals surface area contributed by atoms with Crippen LogP contribution in [0.3, 0.4) is 0 Å². The number of pyridine rings is 1. The van der Waals surface area contributed by atoms with Gasteiger partial charge in [-0.2, -0.15) is 0 Å². The van der Waals surface area contributed by atoms with E-state index in [1.165, 1.54) is 24.3 Å². The van der Waals surface area contributed by atoms with Gasteiger partial charge in [0.05, 0.1) is 11.1 Å². The van der Waals surface area contributed by atoms with Crippen LogP contribution in [0.2, 0.25) is 0 Å². The number of halogens is 1. The fourth-order valence-corrected chi connectivity index (χ4v) is 2.71. The molecular formula is C15H16FN3O2. The molecule has 0 radical (unpaired) electrons. The zero-order chi connectivity index (χ0) is 15.0. The molecule has 6 heteroatoms. The van der Waals surface area contributed by atoms with Crippen molar-refractivity contribution in [1.29, 1.82) is 0 Å². The number of aromatic nitrogens is 1. The lowest BCUT2D eigenvalue weighted by atomic mass is 10.1. The van der Waals surface area contributed by atoms with Crippen molar-refractivity contribution >= 4 is 16.8 Å². The van der Waals surface area contributed by atoms with Crippen molar-refractivity contribution < 1.29 is 9.18 Å². The smallest absolute Gasteiger partial charge is 0.255 e. The van der Waals surface area contributed by atoms with Crippen LogP contribution < -0.4 is 10.9 Å². The van der Waals surface area contributed by atoms with Crippen LogP contribution in [-0.4, -0.2) is 41.5 Å². The number of amides is 1. The van der Waals surface area contributed by atoms with E-state index in [1.807, 2.05) is 6.92 Å². The second kappa shape index (κ2) is 5.29. The molecule has 1 aromatic carbocycles. The van der Waals surface area contributed by atoms with Crippen LogP contribution in [0.5, 0.6) is 0 Å². The molecule has 1 amide bonds. The fourth-order valence-electron chi connectivity index (χ4n) is 2.71. The Bertz CT molecular complexity index is 756. The lowest BCUT2D eigenvalue weighted by Gasteiger charge is -2.34. The molecule has 5 nitrogen and oxygen atoms in total. The Kier molecular flexibility index (Phi) is 3.47. The monoisotopic (exact) mass is 289 g/mol. The van der Waals surface area contributed by atoms with Gasteiger partial charge in [0, 0.05) is 37.1 Å². The van der Waals surface area contributed by atoms with E-state index in [4.69, 9.17) is 0 Å². The van der Waals surface area contributed by atoms with E-state index in [0.717, 1.165) is 13.1 Å². The van der Waals surface area contributed by atoms with Crippen LogP contribution in [0.1, 0.15) is 17.3 Å². The molecule has 0 bridgehead atoms. The molecule has 1 atom stereocenters. The summed E-state index contributed by atoms with van der Waals surface area (Å²) in [6.07, 6.45) is 0. The Morgan fingerprint density at radius 3 is 2.95 bits per heavy atom. The number of aromatic amines is 1. The topological polar surface area (TPSA) is 65.2 Å². The minimum atomic E-state index is -0.446. The third-order valence-electron chi connectivity index (χ3n) is 3.80.